The van der Waals surface area contributed by atoms with Crippen molar-refractivity contribution in [2.75, 3.05) is 13.1 Å². The van der Waals surface area contributed by atoms with Crippen LogP contribution >= 0.6 is 11.3 Å². The van der Waals surface area contributed by atoms with E-state index in [0.29, 0.717) is 24.5 Å². The lowest BCUT2D eigenvalue weighted by Gasteiger charge is -2.34. The fourth-order valence-corrected chi connectivity index (χ4v) is 4.71. The first-order chi connectivity index (χ1) is 10.1. The smallest absolute Gasteiger partial charge is 0.234 e. The molecule has 1 N–H and O–H groups in total. The van der Waals surface area contributed by atoms with Crippen LogP contribution in [-0.2, 0) is 11.2 Å². The molecule has 3 nitrogen and oxygen atoms in total. The molecule has 1 aliphatic carbocycles. The van der Waals surface area contributed by atoms with E-state index in [9.17, 15) is 4.79 Å². The molecule has 0 aromatic carbocycles. The van der Waals surface area contributed by atoms with Crippen LogP contribution < -0.4 is 5.32 Å². The second-order valence-corrected chi connectivity index (χ2v) is 7.63. The molecule has 1 fully saturated rings. The third-order valence-electron chi connectivity index (χ3n) is 5.21. The van der Waals surface area contributed by atoms with Gasteiger partial charge in [-0.25, -0.2) is 0 Å². The highest BCUT2D eigenvalue weighted by atomic mass is 32.1. The van der Waals surface area contributed by atoms with Crippen LogP contribution in [0.3, 0.4) is 0 Å². The molecular formula is C17H26N2OS. The average molecular weight is 306 g/mol. The zero-order chi connectivity index (χ0) is 14.8. The Morgan fingerprint density at radius 1 is 1.38 bits per heavy atom. The van der Waals surface area contributed by atoms with Gasteiger partial charge in [0.2, 0.25) is 5.91 Å². The molecule has 3 atom stereocenters. The maximum atomic E-state index is 12.4. The van der Waals surface area contributed by atoms with Gasteiger partial charge in [0, 0.05) is 23.5 Å². The Kier molecular flexibility index (Phi) is 4.65. The average Bonchev–Trinajstić information content (AvgIpc) is 2.94. The van der Waals surface area contributed by atoms with Crippen molar-refractivity contribution in [3.8, 4) is 0 Å². The summed E-state index contributed by atoms with van der Waals surface area (Å²) in [7, 11) is 0. The zero-order valence-electron chi connectivity index (χ0n) is 13.1. The largest absolute Gasteiger partial charge is 0.352 e. The number of carbonyl (C=O) groups excluding carboxylic acids is 1. The summed E-state index contributed by atoms with van der Waals surface area (Å²) in [5, 5.41) is 5.45. The molecule has 2 heterocycles. The van der Waals surface area contributed by atoms with Crippen LogP contribution in [-0.4, -0.2) is 29.9 Å². The Balaban J connectivity index is 1.56. The van der Waals surface area contributed by atoms with Crippen molar-refractivity contribution in [2.45, 2.75) is 58.0 Å². The Hall–Kier alpha value is -0.870. The lowest BCUT2D eigenvalue weighted by atomic mass is 9.86. The summed E-state index contributed by atoms with van der Waals surface area (Å²) >= 11 is 1.85. The van der Waals surface area contributed by atoms with E-state index < -0.39 is 0 Å². The zero-order valence-corrected chi connectivity index (χ0v) is 13.9. The summed E-state index contributed by atoms with van der Waals surface area (Å²) in [6, 6.07) is 2.98. The van der Waals surface area contributed by atoms with Gasteiger partial charge in [-0.3, -0.25) is 9.69 Å². The molecule has 0 spiro atoms. The van der Waals surface area contributed by atoms with Gasteiger partial charge < -0.3 is 5.32 Å². The van der Waals surface area contributed by atoms with E-state index >= 15 is 0 Å². The fraction of sp³-hybridized carbons (Fsp3) is 0.706. The number of amides is 1. The number of rotatable bonds is 3. The summed E-state index contributed by atoms with van der Waals surface area (Å²) in [4.78, 5) is 16.2. The minimum Gasteiger partial charge on any atom is -0.352 e. The van der Waals surface area contributed by atoms with Gasteiger partial charge in [-0.1, -0.05) is 19.8 Å². The number of thiophene rings is 1. The molecule has 2 aliphatic rings. The molecule has 21 heavy (non-hydrogen) atoms. The monoisotopic (exact) mass is 306 g/mol. The van der Waals surface area contributed by atoms with Crippen molar-refractivity contribution in [3.63, 3.8) is 0 Å². The fourth-order valence-electron chi connectivity index (χ4n) is 3.75. The number of hydrogen-bond acceptors (Lipinski definition) is 3. The predicted octanol–water partition coefficient (Wildman–Crippen LogP) is 3.36. The van der Waals surface area contributed by atoms with Crippen LogP contribution in [0.2, 0.25) is 0 Å². The summed E-state index contributed by atoms with van der Waals surface area (Å²) < 4.78 is 0. The lowest BCUT2D eigenvalue weighted by Crippen LogP contribution is -2.47. The van der Waals surface area contributed by atoms with Crippen LogP contribution in [0.25, 0.3) is 0 Å². The quantitative estimate of drug-likeness (QED) is 0.928. The van der Waals surface area contributed by atoms with E-state index in [2.05, 4.69) is 35.5 Å². The van der Waals surface area contributed by atoms with Crippen molar-refractivity contribution < 1.29 is 4.79 Å². The predicted molar refractivity (Wildman–Crippen MR) is 87.6 cm³/mol. The van der Waals surface area contributed by atoms with E-state index in [-0.39, 0.29) is 5.91 Å². The van der Waals surface area contributed by atoms with Gasteiger partial charge in [-0.05, 0) is 49.1 Å². The first kappa shape index (κ1) is 15.0. The first-order valence-corrected chi connectivity index (χ1v) is 9.13. The van der Waals surface area contributed by atoms with Crippen molar-refractivity contribution >= 4 is 17.2 Å². The van der Waals surface area contributed by atoms with Crippen LogP contribution in [0.1, 0.15) is 56.0 Å². The Morgan fingerprint density at radius 2 is 2.19 bits per heavy atom. The molecule has 4 heteroatoms. The molecule has 0 saturated heterocycles. The topological polar surface area (TPSA) is 32.3 Å². The number of hydrogen-bond donors (Lipinski definition) is 1. The molecule has 3 rings (SSSR count). The number of fused-ring (bicyclic) bond motifs is 1. The standard InChI is InChI=1S/C17H26N2OS/c1-12-5-3-4-6-15(12)18-17(20)11-19-9-7-16-14(13(19)2)8-10-21-16/h8,10,12-13,15H,3-7,9,11H2,1-2H3,(H,18,20)/t12-,13-,15+/m0/s1. The summed E-state index contributed by atoms with van der Waals surface area (Å²) in [6.07, 6.45) is 6.07. The second kappa shape index (κ2) is 6.49. The maximum absolute atomic E-state index is 12.4. The van der Waals surface area contributed by atoms with E-state index in [4.69, 9.17) is 0 Å². The van der Waals surface area contributed by atoms with Gasteiger partial charge >= 0.3 is 0 Å². The van der Waals surface area contributed by atoms with Crippen LogP contribution in [0, 0.1) is 5.92 Å². The van der Waals surface area contributed by atoms with Gasteiger partial charge in [0.05, 0.1) is 6.54 Å². The number of carbonyl (C=O) groups is 1. The molecule has 1 aromatic rings. The van der Waals surface area contributed by atoms with Gasteiger partial charge in [0.1, 0.15) is 0 Å². The van der Waals surface area contributed by atoms with Gasteiger partial charge in [0.15, 0.2) is 0 Å². The van der Waals surface area contributed by atoms with Crippen molar-refractivity contribution in [2.24, 2.45) is 5.92 Å². The highest BCUT2D eigenvalue weighted by molar-refractivity contribution is 7.10. The minimum atomic E-state index is 0.208. The van der Waals surface area contributed by atoms with E-state index in [1.807, 2.05) is 11.3 Å². The molecule has 0 bridgehead atoms. The van der Waals surface area contributed by atoms with Gasteiger partial charge in [-0.15, -0.1) is 11.3 Å². The number of nitrogens with zero attached hydrogens (tertiary/aromatic N) is 1. The minimum absolute atomic E-state index is 0.208. The van der Waals surface area contributed by atoms with E-state index in [1.165, 1.54) is 29.7 Å². The van der Waals surface area contributed by atoms with Crippen molar-refractivity contribution in [3.05, 3.63) is 21.9 Å². The summed E-state index contributed by atoms with van der Waals surface area (Å²) in [6.45, 7) is 6.04. The van der Waals surface area contributed by atoms with Crippen LogP contribution in [0.15, 0.2) is 11.4 Å². The molecule has 116 valence electrons. The normalized spacial score (nSPS) is 29.9. The summed E-state index contributed by atoms with van der Waals surface area (Å²) in [5.41, 5.74) is 1.42. The number of nitrogens with one attached hydrogen (secondary N) is 1. The molecule has 1 saturated carbocycles. The van der Waals surface area contributed by atoms with Crippen LogP contribution in [0.5, 0.6) is 0 Å². The second-order valence-electron chi connectivity index (χ2n) is 6.63. The Morgan fingerprint density at radius 3 is 3.00 bits per heavy atom. The SMILES string of the molecule is C[C@H]1CCCC[C@H]1NC(=O)CN1CCc2sccc2[C@@H]1C. The molecule has 1 amide bonds. The van der Waals surface area contributed by atoms with Crippen molar-refractivity contribution in [1.29, 1.82) is 0 Å². The molecule has 0 radical (unpaired) electrons. The Labute approximate surface area is 131 Å². The third-order valence-corrected chi connectivity index (χ3v) is 6.20. The molecule has 1 aromatic heterocycles. The third kappa shape index (κ3) is 3.32. The van der Waals surface area contributed by atoms with Gasteiger partial charge in [-0.2, -0.15) is 0 Å². The highest BCUT2D eigenvalue weighted by Crippen LogP contribution is 2.32. The van der Waals surface area contributed by atoms with Crippen LogP contribution in [0.4, 0.5) is 0 Å². The van der Waals surface area contributed by atoms with Gasteiger partial charge in [0.25, 0.3) is 0 Å². The molecule has 1 aliphatic heterocycles. The van der Waals surface area contributed by atoms with Crippen molar-refractivity contribution in [1.82, 2.24) is 10.2 Å². The van der Waals surface area contributed by atoms with E-state index in [1.54, 1.807) is 0 Å². The lowest BCUT2D eigenvalue weighted by molar-refractivity contribution is -0.124. The van der Waals surface area contributed by atoms with E-state index in [0.717, 1.165) is 19.4 Å². The molecular weight excluding hydrogens is 280 g/mol. The maximum Gasteiger partial charge on any atom is 0.234 e. The Bertz CT molecular complexity index is 499. The highest BCUT2D eigenvalue weighted by Gasteiger charge is 2.28. The molecule has 0 unspecified atom stereocenters. The first-order valence-electron chi connectivity index (χ1n) is 8.25. The summed E-state index contributed by atoms with van der Waals surface area (Å²) in [5.74, 6) is 0.837.